The first-order valence-electron chi connectivity index (χ1n) is 6.92. The number of hydrogen-bond acceptors (Lipinski definition) is 1. The lowest BCUT2D eigenvalue weighted by Crippen LogP contribution is -2.27. The molecule has 0 aromatic rings. The second-order valence-electron chi connectivity index (χ2n) is 5.69. The smallest absolute Gasteiger partial charge is 0.0654 e. The van der Waals surface area contributed by atoms with E-state index in [1.54, 1.807) is 0 Å². The molecule has 0 fully saturated rings. The molecule has 0 aliphatic heterocycles. The first-order chi connectivity index (χ1) is 8.06. The summed E-state index contributed by atoms with van der Waals surface area (Å²) in [5.74, 6) is 0. The maximum Gasteiger partial charge on any atom is 0.0654 e. The van der Waals surface area contributed by atoms with E-state index in [1.807, 2.05) is 7.11 Å². The molecule has 0 aromatic carbocycles. The van der Waals surface area contributed by atoms with Crippen LogP contribution in [0.3, 0.4) is 0 Å². The van der Waals surface area contributed by atoms with E-state index in [-0.39, 0.29) is 5.60 Å². The van der Waals surface area contributed by atoms with Gasteiger partial charge in [-0.2, -0.15) is 0 Å². The molecule has 17 heavy (non-hydrogen) atoms. The van der Waals surface area contributed by atoms with Crippen molar-refractivity contribution in [2.45, 2.75) is 71.3 Å². The molecule has 0 N–H and O–H groups in total. The van der Waals surface area contributed by atoms with E-state index in [0.717, 1.165) is 6.42 Å². The van der Waals surface area contributed by atoms with Crippen molar-refractivity contribution in [2.24, 2.45) is 0 Å². The first kappa shape index (κ1) is 14.5. The molecule has 0 amide bonds. The molecule has 0 radical (unpaired) electrons. The Morgan fingerprint density at radius 1 is 1.00 bits per heavy atom. The number of allylic oxidation sites excluding steroid dienone is 4. The highest BCUT2D eigenvalue weighted by Gasteiger charge is 2.22. The van der Waals surface area contributed by atoms with Gasteiger partial charge in [0.05, 0.1) is 5.60 Å². The van der Waals surface area contributed by atoms with Gasteiger partial charge in [0.2, 0.25) is 0 Å². The lowest BCUT2D eigenvalue weighted by Gasteiger charge is -2.28. The summed E-state index contributed by atoms with van der Waals surface area (Å²) in [5, 5.41) is 0. The van der Waals surface area contributed by atoms with Crippen LogP contribution < -0.4 is 0 Å². The van der Waals surface area contributed by atoms with Gasteiger partial charge >= 0.3 is 0 Å². The molecule has 0 saturated carbocycles. The number of ether oxygens (including phenoxy) is 1. The summed E-state index contributed by atoms with van der Waals surface area (Å²) < 4.78 is 5.71. The highest BCUT2D eigenvalue weighted by molar-refractivity contribution is 5.05. The Hall–Kier alpha value is -0.560. The number of rotatable bonds is 1. The Balaban J connectivity index is 2.67. The van der Waals surface area contributed by atoms with Crippen molar-refractivity contribution < 1.29 is 4.74 Å². The van der Waals surface area contributed by atoms with Crippen LogP contribution in [0.1, 0.15) is 65.7 Å². The average molecular weight is 236 g/mol. The second-order valence-corrected chi connectivity index (χ2v) is 5.69. The van der Waals surface area contributed by atoms with Gasteiger partial charge in [0.1, 0.15) is 0 Å². The molecule has 1 heteroatoms. The van der Waals surface area contributed by atoms with E-state index >= 15 is 0 Å². The van der Waals surface area contributed by atoms with E-state index in [9.17, 15) is 0 Å². The van der Waals surface area contributed by atoms with Crippen molar-refractivity contribution in [1.82, 2.24) is 0 Å². The molecule has 1 rings (SSSR count). The molecule has 1 nitrogen and oxygen atoms in total. The summed E-state index contributed by atoms with van der Waals surface area (Å²) in [6.45, 7) is 6.76. The highest BCUT2D eigenvalue weighted by Crippen LogP contribution is 2.27. The topological polar surface area (TPSA) is 9.23 Å². The summed E-state index contributed by atoms with van der Waals surface area (Å²) >= 11 is 0. The van der Waals surface area contributed by atoms with E-state index in [0.29, 0.717) is 0 Å². The van der Waals surface area contributed by atoms with E-state index in [2.05, 4.69) is 32.9 Å². The standard InChI is InChI=1S/C16H28O/c1-14-8-5-6-12-16(3,17-4)13-11-15(2)10-7-9-14/h8,10H,5-7,9,11-13H2,1-4H3/b14-8-,15-10-. The summed E-state index contributed by atoms with van der Waals surface area (Å²) in [6.07, 6.45) is 13.1. The van der Waals surface area contributed by atoms with Gasteiger partial charge in [-0.05, 0) is 65.7 Å². The van der Waals surface area contributed by atoms with Crippen LogP contribution in [0, 0.1) is 0 Å². The third-order valence-corrected chi connectivity index (χ3v) is 3.97. The monoisotopic (exact) mass is 236 g/mol. The predicted octanol–water partition coefficient (Wildman–Crippen LogP) is 5.03. The summed E-state index contributed by atoms with van der Waals surface area (Å²) in [6, 6.07) is 0. The van der Waals surface area contributed by atoms with E-state index < -0.39 is 0 Å². The van der Waals surface area contributed by atoms with Crippen LogP contribution in [0.4, 0.5) is 0 Å². The molecule has 1 unspecified atom stereocenters. The molecule has 98 valence electrons. The summed E-state index contributed by atoms with van der Waals surface area (Å²) in [4.78, 5) is 0. The maximum atomic E-state index is 5.71. The second kappa shape index (κ2) is 7.00. The molecule has 0 heterocycles. The van der Waals surface area contributed by atoms with Crippen molar-refractivity contribution >= 4 is 0 Å². The zero-order chi connectivity index (χ0) is 12.7. The lowest BCUT2D eigenvalue weighted by atomic mass is 9.90. The van der Waals surface area contributed by atoms with Gasteiger partial charge in [-0.25, -0.2) is 0 Å². The lowest BCUT2D eigenvalue weighted by molar-refractivity contribution is -0.00921. The summed E-state index contributed by atoms with van der Waals surface area (Å²) in [7, 11) is 1.85. The SMILES string of the molecule is COC1(C)CCC/C=C(/C)CC/C=C(/C)CC1. The first-order valence-corrected chi connectivity index (χ1v) is 6.92. The molecule has 0 spiro atoms. The Kier molecular flexibility index (Phi) is 5.97. The fraction of sp³-hybridized carbons (Fsp3) is 0.750. The Morgan fingerprint density at radius 3 is 2.35 bits per heavy atom. The normalized spacial score (nSPS) is 34.8. The van der Waals surface area contributed by atoms with E-state index in [4.69, 9.17) is 4.74 Å². The van der Waals surface area contributed by atoms with Crippen LogP contribution in [0.5, 0.6) is 0 Å². The predicted molar refractivity (Wildman–Crippen MR) is 75.2 cm³/mol. The number of hydrogen-bond donors (Lipinski definition) is 0. The van der Waals surface area contributed by atoms with Crippen LogP contribution in [-0.2, 0) is 4.74 Å². The van der Waals surface area contributed by atoms with Gasteiger partial charge in [-0.3, -0.25) is 0 Å². The van der Waals surface area contributed by atoms with Gasteiger partial charge < -0.3 is 4.74 Å². The zero-order valence-electron chi connectivity index (χ0n) is 12.0. The maximum absolute atomic E-state index is 5.71. The molecule has 0 aromatic heterocycles. The van der Waals surface area contributed by atoms with Crippen molar-refractivity contribution in [3.05, 3.63) is 23.3 Å². The molecular formula is C16H28O. The molecule has 1 aliphatic carbocycles. The minimum absolute atomic E-state index is 0.0655. The molecular weight excluding hydrogens is 208 g/mol. The number of methoxy groups -OCH3 is 1. The third-order valence-electron chi connectivity index (χ3n) is 3.97. The fourth-order valence-corrected chi connectivity index (χ4v) is 2.37. The van der Waals surface area contributed by atoms with Crippen LogP contribution >= 0.6 is 0 Å². The van der Waals surface area contributed by atoms with Crippen LogP contribution in [-0.4, -0.2) is 12.7 Å². The largest absolute Gasteiger partial charge is 0.379 e. The Labute approximate surface area is 107 Å². The van der Waals surface area contributed by atoms with Crippen molar-refractivity contribution in [3.63, 3.8) is 0 Å². The van der Waals surface area contributed by atoms with Gasteiger partial charge in [-0.15, -0.1) is 0 Å². The summed E-state index contributed by atoms with van der Waals surface area (Å²) in [5.41, 5.74) is 3.12. The Bertz CT molecular complexity index is 288. The quantitative estimate of drug-likeness (QED) is 0.580. The molecule has 1 atom stereocenters. The van der Waals surface area contributed by atoms with Crippen molar-refractivity contribution in [1.29, 1.82) is 0 Å². The molecule has 0 bridgehead atoms. The Morgan fingerprint density at radius 2 is 1.65 bits per heavy atom. The minimum atomic E-state index is 0.0655. The van der Waals surface area contributed by atoms with Crippen LogP contribution in [0.2, 0.25) is 0 Å². The average Bonchev–Trinajstić information content (AvgIpc) is 2.31. The highest BCUT2D eigenvalue weighted by atomic mass is 16.5. The molecule has 0 saturated heterocycles. The van der Waals surface area contributed by atoms with Gasteiger partial charge in [0, 0.05) is 7.11 Å². The minimum Gasteiger partial charge on any atom is -0.379 e. The molecule has 1 aliphatic rings. The third kappa shape index (κ3) is 5.54. The van der Waals surface area contributed by atoms with Gasteiger partial charge in [0.25, 0.3) is 0 Å². The fourth-order valence-electron chi connectivity index (χ4n) is 2.37. The van der Waals surface area contributed by atoms with Crippen LogP contribution in [0.15, 0.2) is 23.3 Å². The van der Waals surface area contributed by atoms with E-state index in [1.165, 1.54) is 49.7 Å². The van der Waals surface area contributed by atoms with Gasteiger partial charge in [0.15, 0.2) is 0 Å². The van der Waals surface area contributed by atoms with Crippen molar-refractivity contribution in [3.8, 4) is 0 Å². The van der Waals surface area contributed by atoms with Crippen molar-refractivity contribution in [2.75, 3.05) is 7.11 Å². The van der Waals surface area contributed by atoms with Crippen LogP contribution in [0.25, 0.3) is 0 Å². The zero-order valence-corrected chi connectivity index (χ0v) is 12.0. The van der Waals surface area contributed by atoms with Gasteiger partial charge in [-0.1, -0.05) is 23.3 Å².